The third kappa shape index (κ3) is 5.62. The number of ether oxygens (including phenoxy) is 1. The molecule has 0 aromatic heterocycles. The number of hydrogen-bond donors (Lipinski definition) is 2. The summed E-state index contributed by atoms with van der Waals surface area (Å²) in [5.74, 6) is 0.176. The Balaban J connectivity index is 1.63. The predicted octanol–water partition coefficient (Wildman–Crippen LogP) is 4.69. The van der Waals surface area contributed by atoms with Gasteiger partial charge in [0.05, 0.1) is 7.11 Å². The fourth-order valence-electron chi connectivity index (χ4n) is 2.94. The number of phenolic OH excluding ortho intramolecular Hbond substituents is 1. The molecule has 0 aliphatic heterocycles. The van der Waals surface area contributed by atoms with E-state index in [4.69, 9.17) is 4.74 Å². The standard InChI is InChI=1S/C24H24N2O3/c1-26(17-19-7-4-3-5-8-19)21-10-6-9-20(16-21)25-24(28)14-12-18-11-13-23(29-2)22(27)15-18/h3-16,27H,17H2,1-2H3,(H,25,28)/b14-12+. The number of aromatic hydroxyl groups is 1. The fraction of sp³-hybridized carbons (Fsp3) is 0.125. The molecule has 3 aromatic rings. The van der Waals surface area contributed by atoms with Crippen molar-refractivity contribution in [2.75, 3.05) is 24.4 Å². The maximum atomic E-state index is 12.3. The third-order valence-corrected chi connectivity index (χ3v) is 4.45. The van der Waals surface area contributed by atoms with Crippen LogP contribution in [0.3, 0.4) is 0 Å². The lowest BCUT2D eigenvalue weighted by molar-refractivity contribution is -0.111. The molecule has 5 heteroatoms. The van der Waals surface area contributed by atoms with Crippen LogP contribution in [0.4, 0.5) is 11.4 Å². The monoisotopic (exact) mass is 388 g/mol. The van der Waals surface area contributed by atoms with Gasteiger partial charge in [-0.3, -0.25) is 4.79 Å². The zero-order valence-electron chi connectivity index (χ0n) is 16.5. The van der Waals surface area contributed by atoms with E-state index in [1.165, 1.54) is 18.7 Å². The molecule has 0 unspecified atom stereocenters. The van der Waals surface area contributed by atoms with Crippen molar-refractivity contribution in [3.8, 4) is 11.5 Å². The molecule has 1 amide bonds. The van der Waals surface area contributed by atoms with E-state index in [-0.39, 0.29) is 11.7 Å². The maximum Gasteiger partial charge on any atom is 0.248 e. The summed E-state index contributed by atoms with van der Waals surface area (Å²) in [7, 11) is 3.51. The molecule has 29 heavy (non-hydrogen) atoms. The van der Waals surface area contributed by atoms with Crippen LogP contribution >= 0.6 is 0 Å². The minimum atomic E-state index is -0.247. The normalized spacial score (nSPS) is 10.7. The highest BCUT2D eigenvalue weighted by atomic mass is 16.5. The van der Waals surface area contributed by atoms with Crippen molar-refractivity contribution in [2.45, 2.75) is 6.54 Å². The molecule has 0 heterocycles. The van der Waals surface area contributed by atoms with Gasteiger partial charge in [0.2, 0.25) is 5.91 Å². The zero-order valence-corrected chi connectivity index (χ0v) is 16.5. The van der Waals surface area contributed by atoms with Crippen molar-refractivity contribution in [1.29, 1.82) is 0 Å². The molecule has 0 aliphatic rings. The van der Waals surface area contributed by atoms with E-state index < -0.39 is 0 Å². The molecular formula is C24H24N2O3. The largest absolute Gasteiger partial charge is 0.504 e. The lowest BCUT2D eigenvalue weighted by Gasteiger charge is -2.20. The number of carbonyl (C=O) groups excluding carboxylic acids is 1. The van der Waals surface area contributed by atoms with Gasteiger partial charge in [0.25, 0.3) is 0 Å². The van der Waals surface area contributed by atoms with Gasteiger partial charge in [0.15, 0.2) is 11.5 Å². The SMILES string of the molecule is COc1ccc(/C=C/C(=O)Nc2cccc(N(C)Cc3ccccc3)c2)cc1O. The number of methoxy groups -OCH3 is 1. The van der Waals surface area contributed by atoms with Crippen molar-refractivity contribution in [2.24, 2.45) is 0 Å². The van der Waals surface area contributed by atoms with E-state index in [1.807, 2.05) is 49.5 Å². The predicted molar refractivity (Wildman–Crippen MR) is 117 cm³/mol. The Bertz CT molecular complexity index is 1000. The highest BCUT2D eigenvalue weighted by Gasteiger charge is 2.05. The third-order valence-electron chi connectivity index (χ3n) is 4.45. The number of anilines is 2. The molecule has 0 spiro atoms. The first-order valence-electron chi connectivity index (χ1n) is 9.26. The van der Waals surface area contributed by atoms with Crippen molar-refractivity contribution in [3.05, 3.63) is 90.0 Å². The zero-order chi connectivity index (χ0) is 20.6. The fourth-order valence-corrected chi connectivity index (χ4v) is 2.94. The van der Waals surface area contributed by atoms with Gasteiger partial charge >= 0.3 is 0 Å². The van der Waals surface area contributed by atoms with Crippen molar-refractivity contribution < 1.29 is 14.6 Å². The maximum absolute atomic E-state index is 12.3. The Morgan fingerprint density at radius 2 is 1.86 bits per heavy atom. The molecule has 3 rings (SSSR count). The molecule has 0 saturated carbocycles. The van der Waals surface area contributed by atoms with Crippen LogP contribution < -0.4 is 15.0 Å². The Morgan fingerprint density at radius 1 is 1.07 bits per heavy atom. The molecule has 5 nitrogen and oxygen atoms in total. The van der Waals surface area contributed by atoms with Crippen LogP contribution in [0.5, 0.6) is 11.5 Å². The molecule has 148 valence electrons. The summed E-state index contributed by atoms with van der Waals surface area (Å²) in [6.45, 7) is 0.777. The molecule has 2 N–H and O–H groups in total. The lowest BCUT2D eigenvalue weighted by Crippen LogP contribution is -2.16. The number of amides is 1. The number of benzene rings is 3. The number of nitrogens with zero attached hydrogens (tertiary/aromatic N) is 1. The van der Waals surface area contributed by atoms with Gasteiger partial charge < -0.3 is 20.1 Å². The first-order chi connectivity index (χ1) is 14.0. The van der Waals surface area contributed by atoms with Crippen molar-refractivity contribution in [3.63, 3.8) is 0 Å². The number of nitrogens with one attached hydrogen (secondary N) is 1. The van der Waals surface area contributed by atoms with Crippen LogP contribution in [0.25, 0.3) is 6.08 Å². The van der Waals surface area contributed by atoms with Crippen molar-refractivity contribution in [1.82, 2.24) is 0 Å². The first kappa shape index (κ1) is 20.0. The molecule has 0 bridgehead atoms. The first-order valence-corrected chi connectivity index (χ1v) is 9.26. The summed E-state index contributed by atoms with van der Waals surface area (Å²) >= 11 is 0. The summed E-state index contributed by atoms with van der Waals surface area (Å²) in [6.07, 6.45) is 3.07. The molecule has 0 saturated heterocycles. The molecular weight excluding hydrogens is 364 g/mol. The highest BCUT2D eigenvalue weighted by molar-refractivity contribution is 6.02. The Hall–Kier alpha value is -3.73. The lowest BCUT2D eigenvalue weighted by atomic mass is 10.2. The smallest absolute Gasteiger partial charge is 0.248 e. The van der Waals surface area contributed by atoms with Gasteiger partial charge in [-0.15, -0.1) is 0 Å². The average Bonchev–Trinajstić information content (AvgIpc) is 2.73. The molecule has 0 radical (unpaired) electrons. The minimum Gasteiger partial charge on any atom is -0.504 e. The summed E-state index contributed by atoms with van der Waals surface area (Å²) in [4.78, 5) is 14.4. The summed E-state index contributed by atoms with van der Waals surface area (Å²) in [5, 5.41) is 12.7. The van der Waals surface area contributed by atoms with E-state index in [2.05, 4.69) is 22.3 Å². The highest BCUT2D eigenvalue weighted by Crippen LogP contribution is 2.26. The van der Waals surface area contributed by atoms with Crippen LogP contribution in [-0.2, 0) is 11.3 Å². The van der Waals surface area contributed by atoms with E-state index >= 15 is 0 Å². The van der Waals surface area contributed by atoms with Crippen LogP contribution in [0.2, 0.25) is 0 Å². The second-order valence-corrected chi connectivity index (χ2v) is 6.65. The van der Waals surface area contributed by atoms with E-state index in [0.29, 0.717) is 11.3 Å². The van der Waals surface area contributed by atoms with Gasteiger partial charge in [-0.25, -0.2) is 0 Å². The van der Waals surface area contributed by atoms with E-state index in [0.717, 1.165) is 17.9 Å². The Morgan fingerprint density at radius 3 is 2.59 bits per heavy atom. The number of phenols is 1. The molecule has 0 aliphatic carbocycles. The minimum absolute atomic E-state index is 0.0317. The van der Waals surface area contributed by atoms with E-state index in [9.17, 15) is 9.90 Å². The van der Waals surface area contributed by atoms with Crippen LogP contribution in [0.1, 0.15) is 11.1 Å². The van der Waals surface area contributed by atoms with E-state index in [1.54, 1.807) is 24.3 Å². The molecule has 3 aromatic carbocycles. The van der Waals surface area contributed by atoms with Crippen LogP contribution in [-0.4, -0.2) is 25.2 Å². The topological polar surface area (TPSA) is 61.8 Å². The number of carbonyl (C=O) groups is 1. The van der Waals surface area contributed by atoms with Gasteiger partial charge in [-0.05, 0) is 47.5 Å². The second kappa shape index (κ2) is 9.46. The van der Waals surface area contributed by atoms with Crippen LogP contribution in [0, 0.1) is 0 Å². The Labute approximate surface area is 170 Å². The van der Waals surface area contributed by atoms with Gasteiger partial charge in [-0.1, -0.05) is 42.5 Å². The van der Waals surface area contributed by atoms with Gasteiger partial charge in [0, 0.05) is 31.0 Å². The molecule has 0 atom stereocenters. The quantitative estimate of drug-likeness (QED) is 0.577. The Kier molecular flexibility index (Phi) is 6.53. The van der Waals surface area contributed by atoms with Gasteiger partial charge in [-0.2, -0.15) is 0 Å². The summed E-state index contributed by atoms with van der Waals surface area (Å²) in [6, 6.07) is 22.9. The second-order valence-electron chi connectivity index (χ2n) is 6.65. The number of rotatable bonds is 7. The average molecular weight is 388 g/mol. The van der Waals surface area contributed by atoms with Crippen molar-refractivity contribution >= 4 is 23.4 Å². The molecule has 0 fully saturated rings. The summed E-state index contributed by atoms with van der Waals surface area (Å²) in [5.41, 5.74) is 3.65. The number of hydrogen-bond acceptors (Lipinski definition) is 4. The van der Waals surface area contributed by atoms with Gasteiger partial charge in [0.1, 0.15) is 0 Å². The van der Waals surface area contributed by atoms with Crippen LogP contribution in [0.15, 0.2) is 78.9 Å². The summed E-state index contributed by atoms with van der Waals surface area (Å²) < 4.78 is 5.02.